The molecule has 0 spiro atoms. The number of nitrogens with one attached hydrogen (secondary N) is 1. The van der Waals surface area contributed by atoms with Gasteiger partial charge in [0.05, 0.1) is 6.07 Å². The highest BCUT2D eigenvalue weighted by molar-refractivity contribution is 6.31. The fourth-order valence-corrected chi connectivity index (χ4v) is 5.08. The molecule has 1 heterocycles. The van der Waals surface area contributed by atoms with Crippen molar-refractivity contribution in [3.63, 3.8) is 0 Å². The molecular formula is C24H25Cl2FN2O2. The molecule has 1 aliphatic heterocycles. The Morgan fingerprint density at radius 2 is 1.97 bits per heavy atom. The molecule has 2 N–H and O–H groups in total. The molecule has 7 heteroatoms. The highest BCUT2D eigenvalue weighted by Crippen LogP contribution is 2.52. The number of nitrogens with zero attached hydrogens (tertiary/aromatic N) is 1. The van der Waals surface area contributed by atoms with E-state index >= 15 is 4.39 Å². The van der Waals surface area contributed by atoms with Gasteiger partial charge in [-0.15, -0.1) is 0 Å². The number of hydrogen-bond acceptors (Lipinski definition) is 3. The van der Waals surface area contributed by atoms with Gasteiger partial charge in [-0.3, -0.25) is 10.1 Å². The van der Waals surface area contributed by atoms with E-state index < -0.39 is 35.2 Å². The first-order valence-corrected chi connectivity index (χ1v) is 10.8. The summed E-state index contributed by atoms with van der Waals surface area (Å²) in [5, 5.41) is 24.5. The summed E-state index contributed by atoms with van der Waals surface area (Å²) in [5.41, 5.74) is -0.314. The Kier molecular flexibility index (Phi) is 6.40. The molecule has 164 valence electrons. The average Bonchev–Trinajstić information content (AvgIpc) is 2.97. The first-order chi connectivity index (χ1) is 14.4. The van der Waals surface area contributed by atoms with E-state index in [-0.39, 0.29) is 16.0 Å². The summed E-state index contributed by atoms with van der Waals surface area (Å²) in [6, 6.07) is 10.0. The lowest BCUT2D eigenvalue weighted by Gasteiger charge is -2.37. The number of aliphatic carboxylic acids is 1. The Labute approximate surface area is 192 Å². The number of hydrogen-bond donors (Lipinski definition) is 2. The molecule has 4 nitrogen and oxygen atoms in total. The minimum Gasteiger partial charge on any atom is -0.480 e. The molecule has 0 aliphatic carbocycles. The van der Waals surface area contributed by atoms with Crippen molar-refractivity contribution >= 4 is 29.2 Å². The first kappa shape index (κ1) is 23.5. The molecule has 0 amide bonds. The number of carboxylic acid groups (broad SMARTS) is 1. The lowest BCUT2D eigenvalue weighted by Crippen LogP contribution is -2.44. The molecule has 1 unspecified atom stereocenters. The van der Waals surface area contributed by atoms with Crippen LogP contribution in [0.5, 0.6) is 0 Å². The number of nitriles is 1. The molecule has 4 atom stereocenters. The Morgan fingerprint density at radius 3 is 2.52 bits per heavy atom. The normalized spacial score (nSPS) is 25.9. The molecule has 1 fully saturated rings. The van der Waals surface area contributed by atoms with Crippen LogP contribution >= 0.6 is 23.2 Å². The van der Waals surface area contributed by atoms with Gasteiger partial charge in [-0.05, 0) is 48.1 Å². The summed E-state index contributed by atoms with van der Waals surface area (Å²) in [6.07, 6.45) is 0.461. The monoisotopic (exact) mass is 462 g/mol. The van der Waals surface area contributed by atoms with E-state index in [1.165, 1.54) is 18.2 Å². The largest absolute Gasteiger partial charge is 0.480 e. The fraction of sp³-hybridized carbons (Fsp3) is 0.417. The summed E-state index contributed by atoms with van der Waals surface area (Å²) in [6.45, 7) is 7.79. The second kappa shape index (κ2) is 8.43. The van der Waals surface area contributed by atoms with E-state index in [0.717, 1.165) is 0 Å². The van der Waals surface area contributed by atoms with Gasteiger partial charge in [0.1, 0.15) is 17.3 Å². The number of benzene rings is 2. The molecule has 0 saturated carbocycles. The summed E-state index contributed by atoms with van der Waals surface area (Å²) in [4.78, 5) is 12.3. The molecule has 0 radical (unpaired) electrons. The van der Waals surface area contributed by atoms with E-state index in [1.54, 1.807) is 25.1 Å². The van der Waals surface area contributed by atoms with Crippen molar-refractivity contribution < 1.29 is 14.3 Å². The zero-order valence-corrected chi connectivity index (χ0v) is 19.4. The SMILES string of the molecule is Cc1c(Cl)cccc1[C@H]1[C@H](C(=O)O)NC(CC(C)(C)C)[C@@]1(C#N)c1ccc(Cl)cc1F. The van der Waals surface area contributed by atoms with Gasteiger partial charge in [0.25, 0.3) is 0 Å². The smallest absolute Gasteiger partial charge is 0.321 e. The quantitative estimate of drug-likeness (QED) is 0.597. The lowest BCUT2D eigenvalue weighted by atomic mass is 9.62. The molecule has 2 aromatic carbocycles. The molecule has 0 bridgehead atoms. The Hall–Kier alpha value is -2.13. The maximum Gasteiger partial charge on any atom is 0.321 e. The minimum atomic E-state index is -1.49. The van der Waals surface area contributed by atoms with Gasteiger partial charge in [-0.1, -0.05) is 62.2 Å². The third-order valence-corrected chi connectivity index (χ3v) is 6.69. The van der Waals surface area contributed by atoms with Gasteiger partial charge in [0.2, 0.25) is 0 Å². The van der Waals surface area contributed by atoms with Gasteiger partial charge in [0.15, 0.2) is 0 Å². The zero-order valence-electron chi connectivity index (χ0n) is 17.8. The number of carbonyl (C=O) groups is 1. The summed E-state index contributed by atoms with van der Waals surface area (Å²) >= 11 is 12.3. The minimum absolute atomic E-state index is 0.134. The Bertz CT molecular complexity index is 1060. The topological polar surface area (TPSA) is 73.1 Å². The van der Waals surface area contributed by atoms with E-state index in [1.807, 2.05) is 20.8 Å². The van der Waals surface area contributed by atoms with Crippen LogP contribution in [0.1, 0.15) is 49.8 Å². The predicted octanol–water partition coefficient (Wildman–Crippen LogP) is 5.85. The Morgan fingerprint density at radius 1 is 1.29 bits per heavy atom. The fourth-order valence-electron chi connectivity index (χ4n) is 4.74. The van der Waals surface area contributed by atoms with E-state index in [2.05, 4.69) is 11.4 Å². The predicted molar refractivity (Wildman–Crippen MR) is 120 cm³/mol. The van der Waals surface area contributed by atoms with Gasteiger partial charge in [-0.25, -0.2) is 4.39 Å². The summed E-state index contributed by atoms with van der Waals surface area (Å²) < 4.78 is 15.3. The first-order valence-electron chi connectivity index (χ1n) is 10.0. The summed E-state index contributed by atoms with van der Waals surface area (Å²) in [7, 11) is 0. The van der Waals surface area contributed by atoms with Crippen molar-refractivity contribution in [1.29, 1.82) is 5.26 Å². The van der Waals surface area contributed by atoms with Crippen LogP contribution in [0.2, 0.25) is 10.0 Å². The van der Waals surface area contributed by atoms with E-state index in [4.69, 9.17) is 23.2 Å². The standard InChI is InChI=1S/C24H25Cl2FN2O2/c1-13-15(6-5-7-17(13)26)20-21(22(30)31)29-19(11-23(2,3)4)24(20,12-28)16-9-8-14(25)10-18(16)27/h5-10,19-21,29H,11H2,1-4H3,(H,30,31)/t19?,20-,21+,24+/m0/s1. The van der Waals surface area contributed by atoms with Crippen molar-refractivity contribution in [3.8, 4) is 6.07 Å². The lowest BCUT2D eigenvalue weighted by molar-refractivity contribution is -0.139. The van der Waals surface area contributed by atoms with Crippen molar-refractivity contribution in [1.82, 2.24) is 5.32 Å². The molecular weight excluding hydrogens is 438 g/mol. The third kappa shape index (κ3) is 4.17. The maximum absolute atomic E-state index is 15.3. The van der Waals surface area contributed by atoms with Crippen molar-refractivity contribution in [3.05, 3.63) is 69.0 Å². The second-order valence-electron chi connectivity index (χ2n) is 9.34. The highest BCUT2D eigenvalue weighted by atomic mass is 35.5. The third-order valence-electron chi connectivity index (χ3n) is 6.04. The number of halogens is 3. The Balaban J connectivity index is 2.38. The maximum atomic E-state index is 15.3. The van der Waals surface area contributed by atoms with Crippen molar-refractivity contribution in [2.45, 2.75) is 57.5 Å². The van der Waals surface area contributed by atoms with Crippen LogP contribution < -0.4 is 5.32 Å². The highest BCUT2D eigenvalue weighted by Gasteiger charge is 2.60. The molecule has 31 heavy (non-hydrogen) atoms. The number of carboxylic acids is 1. The molecule has 1 saturated heterocycles. The van der Waals surface area contributed by atoms with Crippen LogP contribution in [0.25, 0.3) is 0 Å². The van der Waals surface area contributed by atoms with E-state index in [0.29, 0.717) is 22.6 Å². The van der Waals surface area contributed by atoms with Crippen LogP contribution in [0.15, 0.2) is 36.4 Å². The van der Waals surface area contributed by atoms with Gasteiger partial charge in [-0.2, -0.15) is 5.26 Å². The van der Waals surface area contributed by atoms with Crippen LogP contribution in [0, 0.1) is 29.5 Å². The van der Waals surface area contributed by atoms with Crippen molar-refractivity contribution in [2.75, 3.05) is 0 Å². The molecule has 1 aliphatic rings. The van der Waals surface area contributed by atoms with E-state index in [9.17, 15) is 15.2 Å². The zero-order chi connectivity index (χ0) is 23.1. The average molecular weight is 463 g/mol. The van der Waals surface area contributed by atoms with Crippen LogP contribution in [0.3, 0.4) is 0 Å². The molecule has 2 aromatic rings. The second-order valence-corrected chi connectivity index (χ2v) is 10.2. The summed E-state index contributed by atoms with van der Waals surface area (Å²) in [5.74, 6) is -2.60. The van der Waals surface area contributed by atoms with Crippen molar-refractivity contribution in [2.24, 2.45) is 5.41 Å². The van der Waals surface area contributed by atoms with Crippen LogP contribution in [0.4, 0.5) is 4.39 Å². The van der Waals surface area contributed by atoms with Gasteiger partial charge < -0.3 is 5.11 Å². The number of rotatable bonds is 4. The van der Waals surface area contributed by atoms with Gasteiger partial charge in [0, 0.05) is 27.6 Å². The molecule has 3 rings (SSSR count). The van der Waals surface area contributed by atoms with Crippen LogP contribution in [-0.4, -0.2) is 23.2 Å². The van der Waals surface area contributed by atoms with Crippen LogP contribution in [-0.2, 0) is 10.2 Å². The molecule has 0 aromatic heterocycles. The van der Waals surface area contributed by atoms with Gasteiger partial charge >= 0.3 is 5.97 Å².